The molecule has 2 aliphatic rings. The first-order chi connectivity index (χ1) is 8.31. The van der Waals surface area contributed by atoms with Crippen molar-refractivity contribution in [1.82, 2.24) is 10.2 Å². The number of nitrogens with one attached hydrogen (secondary N) is 1. The van der Waals surface area contributed by atoms with Crippen LogP contribution in [0.5, 0.6) is 0 Å². The molecule has 98 valence electrons. The van der Waals surface area contributed by atoms with Crippen molar-refractivity contribution in [3.8, 4) is 0 Å². The number of nitrogens with zero attached hydrogens (tertiary/aromatic N) is 1. The lowest BCUT2D eigenvalue weighted by Gasteiger charge is -2.28. The lowest BCUT2D eigenvalue weighted by molar-refractivity contribution is -0.126. The quantitative estimate of drug-likeness (QED) is 0.815. The minimum absolute atomic E-state index is 0.164. The summed E-state index contributed by atoms with van der Waals surface area (Å²) >= 11 is 0. The van der Waals surface area contributed by atoms with Gasteiger partial charge in [-0.25, -0.2) is 0 Å². The van der Waals surface area contributed by atoms with Crippen molar-refractivity contribution in [3.63, 3.8) is 0 Å². The Kier molecular flexibility index (Phi) is 4.84. The molecule has 0 radical (unpaired) electrons. The Bertz CT molecular complexity index is 249. The summed E-state index contributed by atoms with van der Waals surface area (Å²) < 4.78 is 0. The van der Waals surface area contributed by atoms with Crippen LogP contribution in [0.4, 0.5) is 0 Å². The third kappa shape index (κ3) is 3.44. The molecule has 2 rings (SSSR count). The van der Waals surface area contributed by atoms with Crippen LogP contribution in [0.2, 0.25) is 0 Å². The van der Waals surface area contributed by atoms with Gasteiger partial charge in [0.15, 0.2) is 0 Å². The molecule has 2 fully saturated rings. The van der Waals surface area contributed by atoms with Gasteiger partial charge in [0.1, 0.15) is 0 Å². The summed E-state index contributed by atoms with van der Waals surface area (Å²) in [6.07, 6.45) is 9.67. The van der Waals surface area contributed by atoms with Crippen LogP contribution < -0.4 is 5.32 Å². The number of carbonyl (C=O) groups is 1. The molecule has 1 heterocycles. The van der Waals surface area contributed by atoms with Crippen LogP contribution >= 0.6 is 0 Å². The second kappa shape index (κ2) is 6.39. The molecule has 0 aromatic rings. The number of likely N-dealkylation sites (tertiary alicyclic amines) is 1. The number of hydrogen-bond donors (Lipinski definition) is 1. The van der Waals surface area contributed by atoms with E-state index in [0.29, 0.717) is 11.9 Å². The van der Waals surface area contributed by atoms with E-state index in [4.69, 9.17) is 0 Å². The van der Waals surface area contributed by atoms with Crippen molar-refractivity contribution in [2.45, 2.75) is 70.4 Å². The van der Waals surface area contributed by atoms with Crippen LogP contribution in [0.3, 0.4) is 0 Å². The van der Waals surface area contributed by atoms with E-state index < -0.39 is 0 Å². The van der Waals surface area contributed by atoms with Crippen LogP contribution in [0.1, 0.15) is 58.3 Å². The Labute approximate surface area is 105 Å². The van der Waals surface area contributed by atoms with Crippen molar-refractivity contribution in [2.75, 3.05) is 13.1 Å². The van der Waals surface area contributed by atoms with Gasteiger partial charge in [0.2, 0.25) is 5.91 Å². The van der Waals surface area contributed by atoms with E-state index in [2.05, 4.69) is 17.1 Å². The monoisotopic (exact) mass is 238 g/mol. The Balaban J connectivity index is 1.81. The van der Waals surface area contributed by atoms with Crippen LogP contribution in [0, 0.1) is 0 Å². The number of hydrogen-bond acceptors (Lipinski definition) is 2. The van der Waals surface area contributed by atoms with Gasteiger partial charge in [0.25, 0.3) is 0 Å². The zero-order chi connectivity index (χ0) is 12.1. The molecule has 3 nitrogen and oxygen atoms in total. The van der Waals surface area contributed by atoms with E-state index in [9.17, 15) is 4.79 Å². The summed E-state index contributed by atoms with van der Waals surface area (Å²) in [5, 5.41) is 3.27. The maximum absolute atomic E-state index is 12.2. The van der Waals surface area contributed by atoms with E-state index in [1.807, 2.05) is 0 Å². The summed E-state index contributed by atoms with van der Waals surface area (Å²) in [7, 11) is 0. The zero-order valence-electron chi connectivity index (χ0n) is 11.1. The van der Waals surface area contributed by atoms with E-state index >= 15 is 0 Å². The van der Waals surface area contributed by atoms with E-state index in [0.717, 1.165) is 25.9 Å². The number of rotatable bonds is 4. The predicted molar refractivity (Wildman–Crippen MR) is 69.9 cm³/mol. The summed E-state index contributed by atoms with van der Waals surface area (Å²) in [6.45, 7) is 4.37. The summed E-state index contributed by atoms with van der Waals surface area (Å²) in [4.78, 5) is 14.6. The van der Waals surface area contributed by atoms with Crippen LogP contribution in [-0.4, -0.2) is 36.0 Å². The fourth-order valence-corrected chi connectivity index (χ4v) is 3.22. The summed E-state index contributed by atoms with van der Waals surface area (Å²) in [5.74, 6) is 0.294. The SMILES string of the molecule is CCCN1CCC[C@@H]1C(=O)NC1CCCCC1. The van der Waals surface area contributed by atoms with E-state index in [1.165, 1.54) is 38.5 Å². The van der Waals surface area contributed by atoms with Gasteiger partial charge in [0, 0.05) is 6.04 Å². The van der Waals surface area contributed by atoms with E-state index in [-0.39, 0.29) is 6.04 Å². The normalized spacial score (nSPS) is 27.2. The van der Waals surface area contributed by atoms with Crippen molar-refractivity contribution in [2.24, 2.45) is 0 Å². The Hall–Kier alpha value is -0.570. The molecule has 1 saturated heterocycles. The molecular weight excluding hydrogens is 212 g/mol. The zero-order valence-corrected chi connectivity index (χ0v) is 11.1. The molecular formula is C14H26N2O. The second-order valence-corrected chi connectivity index (χ2v) is 5.54. The molecule has 1 aliphatic heterocycles. The predicted octanol–water partition coefficient (Wildman–Crippen LogP) is 2.31. The van der Waals surface area contributed by atoms with Gasteiger partial charge < -0.3 is 5.32 Å². The van der Waals surface area contributed by atoms with Gasteiger partial charge in [-0.3, -0.25) is 9.69 Å². The first-order valence-electron chi connectivity index (χ1n) is 7.35. The highest BCUT2D eigenvalue weighted by atomic mass is 16.2. The van der Waals surface area contributed by atoms with Crippen LogP contribution in [0.25, 0.3) is 0 Å². The standard InChI is InChI=1S/C14H26N2O/c1-2-10-16-11-6-9-13(16)14(17)15-12-7-4-3-5-8-12/h12-13H,2-11H2,1H3,(H,15,17)/t13-/m1/s1. The molecule has 0 aromatic heterocycles. The molecule has 1 atom stereocenters. The van der Waals surface area contributed by atoms with Gasteiger partial charge >= 0.3 is 0 Å². The highest BCUT2D eigenvalue weighted by Gasteiger charge is 2.31. The summed E-state index contributed by atoms with van der Waals surface area (Å²) in [6, 6.07) is 0.622. The smallest absolute Gasteiger partial charge is 0.237 e. The molecule has 3 heteroatoms. The number of amides is 1. The molecule has 1 saturated carbocycles. The largest absolute Gasteiger partial charge is 0.352 e. The van der Waals surface area contributed by atoms with Gasteiger partial charge in [-0.15, -0.1) is 0 Å². The van der Waals surface area contributed by atoms with Crippen molar-refractivity contribution < 1.29 is 4.79 Å². The van der Waals surface area contributed by atoms with Gasteiger partial charge in [-0.2, -0.15) is 0 Å². The molecule has 1 amide bonds. The highest BCUT2D eigenvalue weighted by molar-refractivity contribution is 5.82. The van der Waals surface area contributed by atoms with Crippen molar-refractivity contribution in [1.29, 1.82) is 0 Å². The molecule has 1 N–H and O–H groups in total. The molecule has 0 unspecified atom stereocenters. The van der Waals surface area contributed by atoms with E-state index in [1.54, 1.807) is 0 Å². The highest BCUT2D eigenvalue weighted by Crippen LogP contribution is 2.20. The molecule has 0 spiro atoms. The van der Waals surface area contributed by atoms with Gasteiger partial charge in [-0.05, 0) is 45.2 Å². The second-order valence-electron chi connectivity index (χ2n) is 5.54. The minimum Gasteiger partial charge on any atom is -0.352 e. The van der Waals surface area contributed by atoms with Crippen LogP contribution in [-0.2, 0) is 4.79 Å². The van der Waals surface area contributed by atoms with Crippen molar-refractivity contribution in [3.05, 3.63) is 0 Å². The Morgan fingerprint density at radius 3 is 2.65 bits per heavy atom. The van der Waals surface area contributed by atoms with Crippen LogP contribution in [0.15, 0.2) is 0 Å². The van der Waals surface area contributed by atoms with Crippen molar-refractivity contribution >= 4 is 5.91 Å². The third-order valence-electron chi connectivity index (χ3n) is 4.13. The third-order valence-corrected chi connectivity index (χ3v) is 4.13. The number of carbonyl (C=O) groups excluding carboxylic acids is 1. The lowest BCUT2D eigenvalue weighted by atomic mass is 9.95. The van der Waals surface area contributed by atoms with Gasteiger partial charge in [0.05, 0.1) is 6.04 Å². The first kappa shape index (κ1) is 12.9. The molecule has 0 aromatic carbocycles. The first-order valence-corrected chi connectivity index (χ1v) is 7.35. The summed E-state index contributed by atoms with van der Waals surface area (Å²) in [5.41, 5.74) is 0. The minimum atomic E-state index is 0.164. The molecule has 1 aliphatic carbocycles. The topological polar surface area (TPSA) is 32.3 Å². The lowest BCUT2D eigenvalue weighted by Crippen LogP contribution is -2.47. The average Bonchev–Trinajstić information content (AvgIpc) is 2.79. The fourth-order valence-electron chi connectivity index (χ4n) is 3.22. The Morgan fingerprint density at radius 1 is 1.18 bits per heavy atom. The maximum Gasteiger partial charge on any atom is 0.237 e. The average molecular weight is 238 g/mol. The van der Waals surface area contributed by atoms with Gasteiger partial charge in [-0.1, -0.05) is 26.2 Å². The maximum atomic E-state index is 12.2. The molecule has 17 heavy (non-hydrogen) atoms. The fraction of sp³-hybridized carbons (Fsp3) is 0.929. The molecule has 0 bridgehead atoms. The Morgan fingerprint density at radius 2 is 1.94 bits per heavy atom.